The molecule has 0 spiro atoms. The number of ether oxygens (including phenoxy) is 1. The Balaban J connectivity index is 2.42. The molecule has 0 bridgehead atoms. The predicted octanol–water partition coefficient (Wildman–Crippen LogP) is 1.43. The van der Waals surface area contributed by atoms with Gasteiger partial charge in [-0.15, -0.1) is 0 Å². The Labute approximate surface area is 109 Å². The maximum atomic E-state index is 13.2. The number of sulfonamides is 1. The van der Waals surface area contributed by atoms with Gasteiger partial charge in [-0.05, 0) is 24.3 Å². The minimum Gasteiger partial charge on any atom is -0.495 e. The fourth-order valence-corrected chi connectivity index (χ4v) is 2.53. The third-order valence-electron chi connectivity index (χ3n) is 2.21. The van der Waals surface area contributed by atoms with E-state index in [0.29, 0.717) is 0 Å². The highest BCUT2D eigenvalue weighted by Gasteiger charge is 2.21. The summed E-state index contributed by atoms with van der Waals surface area (Å²) in [5, 5.41) is 0. The minimum atomic E-state index is -4.02. The molecule has 0 saturated heterocycles. The third-order valence-corrected chi connectivity index (χ3v) is 3.56. The molecule has 0 radical (unpaired) electrons. The van der Waals surface area contributed by atoms with Gasteiger partial charge in [0.1, 0.15) is 16.5 Å². The predicted molar refractivity (Wildman–Crippen MR) is 65.8 cm³/mol. The molecule has 1 aromatic carbocycles. The van der Waals surface area contributed by atoms with Crippen molar-refractivity contribution in [1.82, 2.24) is 9.97 Å². The van der Waals surface area contributed by atoms with Gasteiger partial charge in [0.15, 0.2) is 0 Å². The zero-order valence-electron chi connectivity index (χ0n) is 9.87. The molecule has 1 aromatic heterocycles. The number of methoxy groups -OCH3 is 1. The lowest BCUT2D eigenvalue weighted by atomic mass is 10.3. The summed E-state index contributed by atoms with van der Waals surface area (Å²) in [5.74, 6) is -0.756. The van der Waals surface area contributed by atoms with Gasteiger partial charge in [0, 0.05) is 12.4 Å². The number of aromatic nitrogens is 2. The fraction of sp³-hybridized carbons (Fsp3) is 0.0909. The number of hydrogen-bond acceptors (Lipinski definition) is 5. The summed E-state index contributed by atoms with van der Waals surface area (Å²) >= 11 is 0. The summed E-state index contributed by atoms with van der Waals surface area (Å²) in [5.41, 5.74) is 0. The number of benzene rings is 1. The van der Waals surface area contributed by atoms with Crippen LogP contribution in [0.2, 0.25) is 0 Å². The Bertz CT molecular complexity index is 677. The number of rotatable bonds is 4. The molecule has 100 valence electrons. The molecule has 0 aliphatic rings. The first-order valence-corrected chi connectivity index (χ1v) is 6.64. The highest BCUT2D eigenvalue weighted by atomic mass is 32.2. The molecule has 8 heteroatoms. The van der Waals surface area contributed by atoms with Crippen LogP contribution in [0.3, 0.4) is 0 Å². The largest absolute Gasteiger partial charge is 0.495 e. The maximum absolute atomic E-state index is 13.2. The van der Waals surface area contributed by atoms with Crippen LogP contribution in [0.15, 0.2) is 41.6 Å². The van der Waals surface area contributed by atoms with Crippen molar-refractivity contribution in [3.05, 3.63) is 42.5 Å². The zero-order chi connectivity index (χ0) is 13.9. The van der Waals surface area contributed by atoms with Crippen LogP contribution in [0.5, 0.6) is 5.75 Å². The van der Waals surface area contributed by atoms with Gasteiger partial charge in [-0.25, -0.2) is 27.5 Å². The number of nitrogens with one attached hydrogen (secondary N) is 1. The lowest BCUT2D eigenvalue weighted by Gasteiger charge is -2.10. The molecule has 6 nitrogen and oxygen atoms in total. The van der Waals surface area contributed by atoms with Crippen LogP contribution in [0.4, 0.5) is 10.3 Å². The molecule has 0 unspecified atom stereocenters. The molecule has 2 aromatic rings. The molecular weight excluding hydrogens is 273 g/mol. The molecule has 0 aliphatic heterocycles. The van der Waals surface area contributed by atoms with Crippen LogP contribution in [0, 0.1) is 5.82 Å². The first-order valence-electron chi connectivity index (χ1n) is 5.16. The van der Waals surface area contributed by atoms with Gasteiger partial charge in [0.05, 0.1) is 7.11 Å². The van der Waals surface area contributed by atoms with Gasteiger partial charge < -0.3 is 4.74 Å². The Hall–Kier alpha value is -2.22. The molecule has 1 heterocycles. The van der Waals surface area contributed by atoms with E-state index in [9.17, 15) is 12.8 Å². The van der Waals surface area contributed by atoms with E-state index in [4.69, 9.17) is 4.74 Å². The SMILES string of the molecule is COc1ccc(F)cc1S(=O)(=O)Nc1ncccn1. The third kappa shape index (κ3) is 2.97. The van der Waals surface area contributed by atoms with Crippen molar-refractivity contribution in [2.24, 2.45) is 0 Å². The highest BCUT2D eigenvalue weighted by Crippen LogP contribution is 2.25. The van der Waals surface area contributed by atoms with Crippen molar-refractivity contribution in [3.63, 3.8) is 0 Å². The second kappa shape index (κ2) is 5.19. The van der Waals surface area contributed by atoms with E-state index in [0.717, 1.165) is 12.1 Å². The van der Waals surface area contributed by atoms with E-state index < -0.39 is 15.8 Å². The van der Waals surface area contributed by atoms with Gasteiger partial charge in [-0.2, -0.15) is 0 Å². The molecule has 0 saturated carbocycles. The summed E-state index contributed by atoms with van der Waals surface area (Å²) in [6.45, 7) is 0. The van der Waals surface area contributed by atoms with E-state index in [1.807, 2.05) is 0 Å². The Morgan fingerprint density at radius 3 is 2.58 bits per heavy atom. The van der Waals surface area contributed by atoms with E-state index in [-0.39, 0.29) is 16.6 Å². The van der Waals surface area contributed by atoms with Gasteiger partial charge in [0.25, 0.3) is 10.0 Å². The Morgan fingerprint density at radius 2 is 1.95 bits per heavy atom. The van der Waals surface area contributed by atoms with Crippen LogP contribution in [-0.4, -0.2) is 25.5 Å². The molecule has 19 heavy (non-hydrogen) atoms. The second-order valence-electron chi connectivity index (χ2n) is 3.47. The molecule has 1 N–H and O–H groups in total. The van der Waals surface area contributed by atoms with Crippen molar-refractivity contribution in [2.45, 2.75) is 4.90 Å². The first kappa shape index (κ1) is 13.2. The quantitative estimate of drug-likeness (QED) is 0.918. The lowest BCUT2D eigenvalue weighted by molar-refractivity contribution is 0.401. The Morgan fingerprint density at radius 1 is 1.26 bits per heavy atom. The topological polar surface area (TPSA) is 81.2 Å². The molecule has 0 atom stereocenters. The van der Waals surface area contributed by atoms with Crippen molar-refractivity contribution < 1.29 is 17.5 Å². The molecule has 0 aliphatic carbocycles. The number of hydrogen-bond donors (Lipinski definition) is 1. The number of nitrogens with zero attached hydrogens (tertiary/aromatic N) is 2. The molecule has 0 amide bonds. The number of halogens is 1. The van der Waals surface area contributed by atoms with Gasteiger partial charge in [0.2, 0.25) is 5.95 Å². The van der Waals surface area contributed by atoms with Crippen molar-refractivity contribution in [1.29, 1.82) is 0 Å². The lowest BCUT2D eigenvalue weighted by Crippen LogP contribution is -2.16. The van der Waals surface area contributed by atoms with Crippen LogP contribution < -0.4 is 9.46 Å². The minimum absolute atomic E-state index is 0.0323. The van der Waals surface area contributed by atoms with E-state index in [2.05, 4.69) is 14.7 Å². The van der Waals surface area contributed by atoms with Gasteiger partial charge in [-0.3, -0.25) is 0 Å². The average Bonchev–Trinajstić information content (AvgIpc) is 2.39. The van der Waals surface area contributed by atoms with Crippen LogP contribution in [0.1, 0.15) is 0 Å². The van der Waals surface area contributed by atoms with Crippen molar-refractivity contribution >= 4 is 16.0 Å². The highest BCUT2D eigenvalue weighted by molar-refractivity contribution is 7.92. The molecular formula is C11H10FN3O3S. The van der Waals surface area contributed by atoms with E-state index in [1.54, 1.807) is 6.07 Å². The van der Waals surface area contributed by atoms with Gasteiger partial charge >= 0.3 is 0 Å². The standard InChI is InChI=1S/C11H10FN3O3S/c1-18-9-4-3-8(12)7-10(9)19(16,17)15-11-13-5-2-6-14-11/h2-7H,1H3,(H,13,14,15). The van der Waals surface area contributed by atoms with Crippen LogP contribution >= 0.6 is 0 Å². The summed E-state index contributed by atoms with van der Waals surface area (Å²) in [7, 11) is -2.72. The van der Waals surface area contributed by atoms with Crippen LogP contribution in [0.25, 0.3) is 0 Å². The van der Waals surface area contributed by atoms with E-state index in [1.165, 1.54) is 25.6 Å². The normalized spacial score (nSPS) is 11.1. The summed E-state index contributed by atoms with van der Waals surface area (Å²) < 4.78 is 44.4. The zero-order valence-corrected chi connectivity index (χ0v) is 10.7. The van der Waals surface area contributed by atoms with Gasteiger partial charge in [-0.1, -0.05) is 0 Å². The van der Waals surface area contributed by atoms with Crippen molar-refractivity contribution in [2.75, 3.05) is 11.8 Å². The number of anilines is 1. The summed E-state index contributed by atoms with van der Waals surface area (Å²) in [6, 6.07) is 4.75. The summed E-state index contributed by atoms with van der Waals surface area (Å²) in [4.78, 5) is 7.15. The maximum Gasteiger partial charge on any atom is 0.268 e. The summed E-state index contributed by atoms with van der Waals surface area (Å²) in [6.07, 6.45) is 2.77. The molecule has 2 rings (SSSR count). The van der Waals surface area contributed by atoms with Crippen LogP contribution in [-0.2, 0) is 10.0 Å². The second-order valence-corrected chi connectivity index (χ2v) is 5.12. The monoisotopic (exact) mass is 283 g/mol. The molecule has 0 fully saturated rings. The van der Waals surface area contributed by atoms with Crippen molar-refractivity contribution in [3.8, 4) is 5.75 Å². The van der Waals surface area contributed by atoms with E-state index >= 15 is 0 Å². The fourth-order valence-electron chi connectivity index (χ4n) is 1.39. The Kier molecular flexibility index (Phi) is 3.61. The first-order chi connectivity index (χ1) is 9.03. The average molecular weight is 283 g/mol. The smallest absolute Gasteiger partial charge is 0.268 e.